The molecule has 0 aromatic rings. The number of ether oxygens (including phenoxy) is 2. The number of nitrogens with one attached hydrogen (secondary N) is 1. The Kier molecular flexibility index (Phi) is 4.83. The second-order valence-electron chi connectivity index (χ2n) is 5.12. The van der Waals surface area contributed by atoms with Crippen molar-refractivity contribution in [2.24, 2.45) is 5.92 Å². The lowest BCUT2D eigenvalue weighted by Gasteiger charge is -2.41. The monoisotopic (exact) mass is 257 g/mol. The van der Waals surface area contributed by atoms with Gasteiger partial charge >= 0.3 is 6.09 Å². The van der Waals surface area contributed by atoms with Gasteiger partial charge in [-0.05, 0) is 25.7 Å². The number of cyclic esters (lactones) is 1. The Morgan fingerprint density at radius 3 is 2.72 bits per heavy atom. The lowest BCUT2D eigenvalue weighted by atomic mass is 9.81. The Labute approximate surface area is 108 Å². The molecule has 0 unspecified atom stereocenters. The SMILES string of the molecule is CCO[C@H]1[C@@H](C2CCCCC2)OC(=O)N[C@@H]1CO. The van der Waals surface area contributed by atoms with E-state index in [9.17, 15) is 9.90 Å². The molecule has 0 bridgehead atoms. The van der Waals surface area contributed by atoms with E-state index in [-0.39, 0.29) is 24.9 Å². The van der Waals surface area contributed by atoms with Crippen LogP contribution in [0.15, 0.2) is 0 Å². The second-order valence-corrected chi connectivity index (χ2v) is 5.12. The van der Waals surface area contributed by atoms with E-state index in [0.717, 1.165) is 12.8 Å². The number of rotatable bonds is 4. The zero-order valence-electron chi connectivity index (χ0n) is 10.9. The van der Waals surface area contributed by atoms with E-state index in [1.54, 1.807) is 0 Å². The number of hydrogen-bond donors (Lipinski definition) is 2. The van der Waals surface area contributed by atoms with Crippen molar-refractivity contribution < 1.29 is 19.4 Å². The summed E-state index contributed by atoms with van der Waals surface area (Å²) in [6, 6.07) is -0.349. The fourth-order valence-electron chi connectivity index (χ4n) is 3.07. The predicted octanol–water partition coefficient (Wildman–Crippen LogP) is 1.44. The van der Waals surface area contributed by atoms with Crippen LogP contribution >= 0.6 is 0 Å². The van der Waals surface area contributed by atoms with E-state index < -0.39 is 6.09 Å². The van der Waals surface area contributed by atoms with Gasteiger partial charge in [-0.2, -0.15) is 0 Å². The molecule has 18 heavy (non-hydrogen) atoms. The molecular formula is C13H23NO4. The molecule has 0 radical (unpaired) electrons. The van der Waals surface area contributed by atoms with Crippen molar-refractivity contribution in [1.82, 2.24) is 5.32 Å². The highest BCUT2D eigenvalue weighted by molar-refractivity contribution is 5.69. The summed E-state index contributed by atoms with van der Waals surface area (Å²) in [5.41, 5.74) is 0. The Balaban J connectivity index is 2.08. The Morgan fingerprint density at radius 2 is 2.11 bits per heavy atom. The van der Waals surface area contributed by atoms with E-state index >= 15 is 0 Å². The molecule has 5 nitrogen and oxygen atoms in total. The number of aliphatic hydroxyl groups is 1. The molecule has 1 saturated heterocycles. The third-order valence-corrected chi connectivity index (χ3v) is 3.94. The maximum absolute atomic E-state index is 11.5. The van der Waals surface area contributed by atoms with Crippen LogP contribution in [-0.4, -0.2) is 42.7 Å². The van der Waals surface area contributed by atoms with Gasteiger partial charge in [-0.15, -0.1) is 0 Å². The van der Waals surface area contributed by atoms with Crippen LogP contribution in [0.4, 0.5) is 4.79 Å². The molecule has 0 aromatic heterocycles. The Morgan fingerprint density at radius 1 is 1.39 bits per heavy atom. The van der Waals surface area contributed by atoms with Gasteiger partial charge in [0, 0.05) is 6.61 Å². The molecule has 2 rings (SSSR count). The Bertz CT molecular complexity index is 278. The van der Waals surface area contributed by atoms with Crippen molar-refractivity contribution in [2.45, 2.75) is 57.3 Å². The van der Waals surface area contributed by atoms with Crippen LogP contribution < -0.4 is 5.32 Å². The molecule has 2 fully saturated rings. The molecule has 2 aliphatic rings. The van der Waals surface area contributed by atoms with Crippen LogP contribution in [0.25, 0.3) is 0 Å². The summed E-state index contributed by atoms with van der Waals surface area (Å²) in [4.78, 5) is 11.5. The lowest BCUT2D eigenvalue weighted by Crippen LogP contribution is -2.60. The fraction of sp³-hybridized carbons (Fsp3) is 0.923. The third-order valence-electron chi connectivity index (χ3n) is 3.94. The summed E-state index contributed by atoms with van der Waals surface area (Å²) in [5, 5.41) is 12.0. The molecule has 0 aromatic carbocycles. The zero-order chi connectivity index (χ0) is 13.0. The molecule has 1 aliphatic heterocycles. The minimum absolute atomic E-state index is 0.108. The smallest absolute Gasteiger partial charge is 0.407 e. The molecule has 104 valence electrons. The van der Waals surface area contributed by atoms with E-state index in [1.165, 1.54) is 19.3 Å². The average molecular weight is 257 g/mol. The van der Waals surface area contributed by atoms with Crippen molar-refractivity contribution in [3.05, 3.63) is 0 Å². The van der Waals surface area contributed by atoms with Gasteiger partial charge in [0.05, 0.1) is 12.6 Å². The zero-order valence-corrected chi connectivity index (χ0v) is 10.9. The molecule has 1 aliphatic carbocycles. The first-order chi connectivity index (χ1) is 8.76. The number of amides is 1. The molecule has 1 saturated carbocycles. The van der Waals surface area contributed by atoms with E-state index in [0.29, 0.717) is 12.5 Å². The average Bonchev–Trinajstić information content (AvgIpc) is 2.41. The van der Waals surface area contributed by atoms with Crippen LogP contribution in [0.1, 0.15) is 39.0 Å². The van der Waals surface area contributed by atoms with Gasteiger partial charge in [0.2, 0.25) is 0 Å². The highest BCUT2D eigenvalue weighted by Crippen LogP contribution is 2.32. The summed E-state index contributed by atoms with van der Waals surface area (Å²) in [5.74, 6) is 0.371. The van der Waals surface area contributed by atoms with Gasteiger partial charge in [-0.3, -0.25) is 0 Å². The fourth-order valence-corrected chi connectivity index (χ4v) is 3.07. The van der Waals surface area contributed by atoms with Gasteiger partial charge in [-0.25, -0.2) is 4.79 Å². The first-order valence-corrected chi connectivity index (χ1v) is 6.96. The quantitative estimate of drug-likeness (QED) is 0.799. The number of alkyl carbamates (subject to hydrolysis) is 1. The maximum Gasteiger partial charge on any atom is 0.407 e. The predicted molar refractivity (Wildman–Crippen MR) is 66.3 cm³/mol. The van der Waals surface area contributed by atoms with Crippen molar-refractivity contribution in [3.63, 3.8) is 0 Å². The van der Waals surface area contributed by atoms with Gasteiger partial charge in [-0.1, -0.05) is 19.3 Å². The van der Waals surface area contributed by atoms with E-state index in [1.807, 2.05) is 6.92 Å². The minimum atomic E-state index is -0.430. The molecule has 3 atom stereocenters. The van der Waals surface area contributed by atoms with Crippen molar-refractivity contribution >= 4 is 6.09 Å². The van der Waals surface area contributed by atoms with Crippen LogP contribution in [0.5, 0.6) is 0 Å². The van der Waals surface area contributed by atoms with Crippen LogP contribution in [0.3, 0.4) is 0 Å². The van der Waals surface area contributed by atoms with Crippen LogP contribution in [0, 0.1) is 5.92 Å². The van der Waals surface area contributed by atoms with Crippen molar-refractivity contribution in [2.75, 3.05) is 13.2 Å². The van der Waals surface area contributed by atoms with Gasteiger partial charge in [0.15, 0.2) is 0 Å². The normalized spacial score (nSPS) is 33.9. The van der Waals surface area contributed by atoms with E-state index in [2.05, 4.69) is 5.32 Å². The summed E-state index contributed by atoms with van der Waals surface area (Å²) < 4.78 is 11.1. The summed E-state index contributed by atoms with van der Waals surface area (Å²) >= 11 is 0. The number of aliphatic hydroxyl groups excluding tert-OH is 1. The van der Waals surface area contributed by atoms with Crippen molar-refractivity contribution in [1.29, 1.82) is 0 Å². The first-order valence-electron chi connectivity index (χ1n) is 6.96. The molecule has 0 spiro atoms. The van der Waals surface area contributed by atoms with E-state index in [4.69, 9.17) is 9.47 Å². The number of carbonyl (C=O) groups excluding carboxylic acids is 1. The van der Waals surface area contributed by atoms with Gasteiger partial charge < -0.3 is 19.9 Å². The van der Waals surface area contributed by atoms with Crippen LogP contribution in [0.2, 0.25) is 0 Å². The summed E-state index contributed by atoms with van der Waals surface area (Å²) in [6.07, 6.45) is 4.93. The summed E-state index contributed by atoms with van der Waals surface area (Å²) in [7, 11) is 0. The molecular weight excluding hydrogens is 234 g/mol. The maximum atomic E-state index is 11.5. The first kappa shape index (κ1) is 13.6. The number of hydrogen-bond acceptors (Lipinski definition) is 4. The van der Waals surface area contributed by atoms with Crippen LogP contribution in [-0.2, 0) is 9.47 Å². The second kappa shape index (κ2) is 6.38. The van der Waals surface area contributed by atoms with Gasteiger partial charge in [0.25, 0.3) is 0 Å². The largest absolute Gasteiger partial charge is 0.443 e. The highest BCUT2D eigenvalue weighted by Gasteiger charge is 2.42. The lowest BCUT2D eigenvalue weighted by molar-refractivity contribution is -0.111. The number of carbonyl (C=O) groups is 1. The van der Waals surface area contributed by atoms with Crippen molar-refractivity contribution in [3.8, 4) is 0 Å². The Hall–Kier alpha value is -0.810. The molecule has 5 heteroatoms. The third kappa shape index (κ3) is 2.95. The minimum Gasteiger partial charge on any atom is -0.443 e. The van der Waals surface area contributed by atoms with Gasteiger partial charge in [0.1, 0.15) is 12.2 Å². The molecule has 1 heterocycles. The molecule has 1 amide bonds. The topological polar surface area (TPSA) is 67.8 Å². The molecule has 2 N–H and O–H groups in total. The summed E-state index contributed by atoms with van der Waals surface area (Å²) in [6.45, 7) is 2.37. The highest BCUT2D eigenvalue weighted by atomic mass is 16.6. The standard InChI is InChI=1S/C13H23NO4/c1-2-17-12-10(8-15)14-13(16)18-11(12)9-6-4-3-5-7-9/h9-12,15H,2-8H2,1H3,(H,14,16)/t10-,11-,12-/m1/s1.